The fourth-order valence-electron chi connectivity index (χ4n) is 1.40. The van der Waals surface area contributed by atoms with E-state index in [0.29, 0.717) is 0 Å². The summed E-state index contributed by atoms with van der Waals surface area (Å²) < 4.78 is 0. The van der Waals surface area contributed by atoms with Crippen molar-refractivity contribution in [3.05, 3.63) is 18.1 Å². The van der Waals surface area contributed by atoms with Crippen molar-refractivity contribution in [3.63, 3.8) is 0 Å². The third-order valence-corrected chi connectivity index (χ3v) is 2.33. The van der Waals surface area contributed by atoms with Gasteiger partial charge >= 0.3 is 0 Å². The first-order valence-corrected chi connectivity index (χ1v) is 5.34. The summed E-state index contributed by atoms with van der Waals surface area (Å²) in [7, 11) is 2.03. The Morgan fingerprint density at radius 3 is 2.73 bits per heavy atom. The minimum absolute atomic E-state index is 0.288. The second kappa shape index (κ2) is 6.35. The molecule has 1 N–H and O–H groups in total. The van der Waals surface area contributed by atoms with Crippen LogP contribution in [0.4, 0.5) is 5.82 Å². The Morgan fingerprint density at radius 2 is 2.07 bits per heavy atom. The molecule has 0 unspecified atom stereocenters. The van der Waals surface area contributed by atoms with E-state index in [-0.39, 0.29) is 6.61 Å². The number of anilines is 1. The number of rotatable bonds is 6. The minimum Gasteiger partial charge on any atom is -0.396 e. The number of nitrogens with zero attached hydrogens (tertiary/aromatic N) is 3. The number of hydrogen-bond donors (Lipinski definition) is 1. The summed E-state index contributed by atoms with van der Waals surface area (Å²) in [4.78, 5) is 10.4. The molecule has 0 saturated carbocycles. The fraction of sp³-hybridized carbons (Fsp3) is 0.636. The van der Waals surface area contributed by atoms with E-state index >= 15 is 0 Å². The van der Waals surface area contributed by atoms with Crippen molar-refractivity contribution in [2.24, 2.45) is 0 Å². The maximum atomic E-state index is 8.65. The second-order valence-corrected chi connectivity index (χ2v) is 3.72. The number of aryl methyl sites for hydroxylation is 1. The van der Waals surface area contributed by atoms with Gasteiger partial charge in [0.25, 0.3) is 0 Å². The zero-order valence-electron chi connectivity index (χ0n) is 9.48. The van der Waals surface area contributed by atoms with Crippen LogP contribution in [0.25, 0.3) is 0 Å². The number of unbranched alkanes of at least 4 members (excludes halogenated alkanes) is 2. The summed E-state index contributed by atoms with van der Waals surface area (Å²) in [6.45, 7) is 3.22. The van der Waals surface area contributed by atoms with Crippen LogP contribution in [-0.2, 0) is 0 Å². The van der Waals surface area contributed by atoms with E-state index in [4.69, 9.17) is 5.11 Å². The highest BCUT2D eigenvalue weighted by atomic mass is 16.2. The van der Waals surface area contributed by atoms with Gasteiger partial charge in [0.15, 0.2) is 0 Å². The van der Waals surface area contributed by atoms with Crippen molar-refractivity contribution < 1.29 is 5.11 Å². The van der Waals surface area contributed by atoms with Crippen molar-refractivity contribution in [2.75, 3.05) is 25.1 Å². The quantitative estimate of drug-likeness (QED) is 0.719. The van der Waals surface area contributed by atoms with E-state index in [9.17, 15) is 0 Å². The van der Waals surface area contributed by atoms with Crippen LogP contribution in [-0.4, -0.2) is 35.3 Å². The molecule has 15 heavy (non-hydrogen) atoms. The van der Waals surface area contributed by atoms with E-state index in [1.165, 1.54) is 0 Å². The predicted molar refractivity (Wildman–Crippen MR) is 61.0 cm³/mol. The summed E-state index contributed by atoms with van der Waals surface area (Å²) in [6, 6.07) is 1.98. The smallest absolute Gasteiger partial charge is 0.131 e. The van der Waals surface area contributed by atoms with E-state index in [1.54, 1.807) is 6.33 Å². The topological polar surface area (TPSA) is 49.2 Å². The van der Waals surface area contributed by atoms with E-state index < -0.39 is 0 Å². The number of aromatic nitrogens is 2. The first kappa shape index (κ1) is 11.9. The lowest BCUT2D eigenvalue weighted by atomic mass is 10.2. The highest BCUT2D eigenvalue weighted by Crippen LogP contribution is 2.09. The molecule has 0 amide bonds. The number of aliphatic hydroxyl groups excluding tert-OH is 1. The molecule has 1 aromatic heterocycles. The fourth-order valence-corrected chi connectivity index (χ4v) is 1.40. The molecule has 0 bridgehead atoms. The number of hydrogen-bond acceptors (Lipinski definition) is 4. The van der Waals surface area contributed by atoms with Crippen LogP contribution in [0.15, 0.2) is 12.4 Å². The van der Waals surface area contributed by atoms with Crippen LogP contribution in [0, 0.1) is 6.92 Å². The summed E-state index contributed by atoms with van der Waals surface area (Å²) >= 11 is 0. The molecule has 1 heterocycles. The average Bonchev–Trinajstić information content (AvgIpc) is 2.24. The van der Waals surface area contributed by atoms with E-state index in [1.807, 2.05) is 20.0 Å². The summed E-state index contributed by atoms with van der Waals surface area (Å²) in [5.41, 5.74) is 0.988. The van der Waals surface area contributed by atoms with Crippen LogP contribution < -0.4 is 4.90 Å². The van der Waals surface area contributed by atoms with Gasteiger partial charge in [0.1, 0.15) is 12.1 Å². The molecule has 84 valence electrons. The maximum Gasteiger partial charge on any atom is 0.131 e. The highest BCUT2D eigenvalue weighted by molar-refractivity contribution is 5.37. The van der Waals surface area contributed by atoms with E-state index in [2.05, 4.69) is 14.9 Å². The third-order valence-electron chi connectivity index (χ3n) is 2.33. The third kappa shape index (κ3) is 4.25. The first-order valence-electron chi connectivity index (χ1n) is 5.34. The molecule has 1 aromatic rings. The highest BCUT2D eigenvalue weighted by Gasteiger charge is 2.01. The van der Waals surface area contributed by atoms with Crippen LogP contribution >= 0.6 is 0 Å². The molecule has 0 fully saturated rings. The van der Waals surface area contributed by atoms with Crippen molar-refractivity contribution >= 4 is 5.82 Å². The largest absolute Gasteiger partial charge is 0.396 e. The van der Waals surface area contributed by atoms with Gasteiger partial charge in [-0.1, -0.05) is 0 Å². The normalized spacial score (nSPS) is 10.3. The van der Waals surface area contributed by atoms with Crippen LogP contribution in [0.3, 0.4) is 0 Å². The lowest BCUT2D eigenvalue weighted by molar-refractivity contribution is 0.283. The Kier molecular flexibility index (Phi) is 5.04. The molecule has 0 saturated heterocycles. The van der Waals surface area contributed by atoms with Crippen molar-refractivity contribution in [3.8, 4) is 0 Å². The Labute approximate surface area is 91.0 Å². The molecule has 1 rings (SSSR count). The van der Waals surface area contributed by atoms with Crippen LogP contribution in [0.2, 0.25) is 0 Å². The second-order valence-electron chi connectivity index (χ2n) is 3.72. The summed E-state index contributed by atoms with van der Waals surface area (Å²) in [5.74, 6) is 0.964. The lowest BCUT2D eigenvalue weighted by Gasteiger charge is -2.17. The molecule has 0 radical (unpaired) electrons. The van der Waals surface area contributed by atoms with Crippen molar-refractivity contribution in [2.45, 2.75) is 26.2 Å². The molecule has 0 spiro atoms. The standard InChI is InChI=1S/C11H19N3O/c1-10-8-11(13-9-12-10)14(2)6-4-3-5-7-15/h8-9,15H,3-7H2,1-2H3. The van der Waals surface area contributed by atoms with Gasteiger partial charge in [-0.2, -0.15) is 0 Å². The molecule has 4 nitrogen and oxygen atoms in total. The molecule has 0 aliphatic carbocycles. The molecule has 0 aliphatic heterocycles. The van der Waals surface area contributed by atoms with Gasteiger partial charge < -0.3 is 10.0 Å². The zero-order valence-corrected chi connectivity index (χ0v) is 9.48. The van der Waals surface area contributed by atoms with Crippen LogP contribution in [0.5, 0.6) is 0 Å². The first-order chi connectivity index (χ1) is 7.24. The maximum absolute atomic E-state index is 8.65. The Bertz CT molecular complexity index is 291. The van der Waals surface area contributed by atoms with Gasteiger partial charge in [-0.3, -0.25) is 0 Å². The van der Waals surface area contributed by atoms with Gasteiger partial charge in [-0.25, -0.2) is 9.97 Å². The Hall–Kier alpha value is -1.16. The summed E-state index contributed by atoms with van der Waals surface area (Å²) in [6.07, 6.45) is 4.62. The molecule has 4 heteroatoms. The lowest BCUT2D eigenvalue weighted by Crippen LogP contribution is -2.19. The van der Waals surface area contributed by atoms with Gasteiger partial charge in [0.2, 0.25) is 0 Å². The van der Waals surface area contributed by atoms with Gasteiger partial charge in [-0.15, -0.1) is 0 Å². The predicted octanol–water partition coefficient (Wildman–Crippen LogP) is 1.38. The molecule has 0 aromatic carbocycles. The van der Waals surface area contributed by atoms with Gasteiger partial charge in [-0.05, 0) is 26.2 Å². The van der Waals surface area contributed by atoms with Gasteiger partial charge in [0.05, 0.1) is 0 Å². The average molecular weight is 209 g/mol. The molecule has 0 aliphatic rings. The van der Waals surface area contributed by atoms with E-state index in [0.717, 1.165) is 37.3 Å². The van der Waals surface area contributed by atoms with Crippen LogP contribution in [0.1, 0.15) is 25.0 Å². The number of aliphatic hydroxyl groups is 1. The monoisotopic (exact) mass is 209 g/mol. The van der Waals surface area contributed by atoms with Crippen molar-refractivity contribution in [1.29, 1.82) is 0 Å². The SMILES string of the molecule is Cc1cc(N(C)CCCCCO)ncn1. The zero-order chi connectivity index (χ0) is 11.1. The summed E-state index contributed by atoms with van der Waals surface area (Å²) in [5, 5.41) is 8.65. The Morgan fingerprint density at radius 1 is 1.27 bits per heavy atom. The molecular weight excluding hydrogens is 190 g/mol. The van der Waals surface area contributed by atoms with Crippen molar-refractivity contribution in [1.82, 2.24) is 9.97 Å². The minimum atomic E-state index is 0.288. The molecular formula is C11H19N3O. The van der Waals surface area contributed by atoms with Gasteiger partial charge in [0, 0.05) is 32.0 Å². The molecule has 0 atom stereocenters. The Balaban J connectivity index is 2.36.